The zero-order valence-corrected chi connectivity index (χ0v) is 10.7. The first-order valence-electron chi connectivity index (χ1n) is 6.07. The molecule has 0 rings (SSSR count). The molecule has 0 aromatic carbocycles. The molecule has 94 valence electrons. The van der Waals surface area contributed by atoms with Crippen LogP contribution in [0.1, 0.15) is 46.5 Å². The van der Waals surface area contributed by atoms with Gasteiger partial charge in [0, 0.05) is 12.7 Å². The van der Waals surface area contributed by atoms with Gasteiger partial charge in [-0.2, -0.15) is 0 Å². The number of carboxylic acids is 1. The van der Waals surface area contributed by atoms with E-state index in [1.54, 1.807) is 6.92 Å². The Morgan fingerprint density at radius 1 is 1.44 bits per heavy atom. The maximum absolute atomic E-state index is 10.4. The lowest BCUT2D eigenvalue weighted by atomic mass is 10.0. The van der Waals surface area contributed by atoms with E-state index in [2.05, 4.69) is 13.8 Å². The Morgan fingerprint density at radius 2 is 2.12 bits per heavy atom. The van der Waals surface area contributed by atoms with Crippen LogP contribution in [0.3, 0.4) is 0 Å². The van der Waals surface area contributed by atoms with E-state index in [9.17, 15) is 4.79 Å². The third-order valence-corrected chi connectivity index (χ3v) is 2.60. The highest BCUT2D eigenvalue weighted by molar-refractivity contribution is 5.80. The molecule has 0 spiro atoms. The molecule has 0 aromatic heterocycles. The van der Waals surface area contributed by atoms with Crippen LogP contribution in [0.5, 0.6) is 0 Å². The smallest absolute Gasteiger partial charge is 0.328 e. The van der Waals surface area contributed by atoms with Gasteiger partial charge in [0.2, 0.25) is 0 Å². The van der Waals surface area contributed by atoms with E-state index in [0.717, 1.165) is 18.6 Å². The molecule has 1 atom stereocenters. The second-order valence-corrected chi connectivity index (χ2v) is 4.26. The van der Waals surface area contributed by atoms with Crippen LogP contribution in [-0.2, 0) is 9.53 Å². The van der Waals surface area contributed by atoms with Crippen LogP contribution in [0.15, 0.2) is 11.6 Å². The quantitative estimate of drug-likeness (QED) is 0.616. The normalized spacial score (nSPS) is 13.8. The van der Waals surface area contributed by atoms with Crippen LogP contribution in [0.25, 0.3) is 0 Å². The number of ether oxygens (including phenoxy) is 1. The number of rotatable bonds is 9. The molecule has 0 aliphatic carbocycles. The average Bonchev–Trinajstić information content (AvgIpc) is 2.22. The second kappa shape index (κ2) is 9.40. The van der Waals surface area contributed by atoms with Crippen molar-refractivity contribution < 1.29 is 14.6 Å². The fourth-order valence-electron chi connectivity index (χ4n) is 1.54. The Labute approximate surface area is 98.5 Å². The van der Waals surface area contributed by atoms with Crippen molar-refractivity contribution in [3.05, 3.63) is 11.6 Å². The van der Waals surface area contributed by atoms with Gasteiger partial charge < -0.3 is 9.84 Å². The van der Waals surface area contributed by atoms with Gasteiger partial charge in [0.05, 0.1) is 6.61 Å². The molecule has 0 radical (unpaired) electrons. The molecule has 0 fully saturated rings. The van der Waals surface area contributed by atoms with Crippen molar-refractivity contribution in [1.29, 1.82) is 0 Å². The maximum Gasteiger partial charge on any atom is 0.328 e. The second-order valence-electron chi connectivity index (χ2n) is 4.26. The Morgan fingerprint density at radius 3 is 2.62 bits per heavy atom. The molecule has 0 heterocycles. The van der Waals surface area contributed by atoms with E-state index in [4.69, 9.17) is 9.84 Å². The van der Waals surface area contributed by atoms with Crippen molar-refractivity contribution in [3.8, 4) is 0 Å². The molecule has 0 aliphatic heterocycles. The predicted molar refractivity (Wildman–Crippen MR) is 65.5 cm³/mol. The number of hydrogen-bond donors (Lipinski definition) is 1. The van der Waals surface area contributed by atoms with Crippen molar-refractivity contribution in [2.45, 2.75) is 46.5 Å². The molecule has 1 unspecified atom stereocenters. The summed E-state index contributed by atoms with van der Waals surface area (Å²) in [5.41, 5.74) is 0.762. The average molecular weight is 228 g/mol. The van der Waals surface area contributed by atoms with E-state index in [0.29, 0.717) is 12.5 Å². The molecule has 0 saturated carbocycles. The summed E-state index contributed by atoms with van der Waals surface area (Å²) in [4.78, 5) is 10.4. The molecule has 0 amide bonds. The molecular formula is C13H24O3. The van der Waals surface area contributed by atoms with Gasteiger partial charge in [0.1, 0.15) is 0 Å². The highest BCUT2D eigenvalue weighted by Gasteiger charge is 2.05. The van der Waals surface area contributed by atoms with Crippen LogP contribution < -0.4 is 0 Å². The van der Waals surface area contributed by atoms with Crippen molar-refractivity contribution in [1.82, 2.24) is 0 Å². The van der Waals surface area contributed by atoms with Crippen LogP contribution in [-0.4, -0.2) is 24.3 Å². The van der Waals surface area contributed by atoms with E-state index in [1.807, 2.05) is 0 Å². The predicted octanol–water partition coefficient (Wildman–Crippen LogP) is 3.25. The standard InChI is InChI=1S/C13H24O3/c1-4-6-7-12(5-2)10-16-9-11(3)8-13(14)15/h8,12H,4-7,9-10H2,1-3H3,(H,14,15). The van der Waals surface area contributed by atoms with Gasteiger partial charge in [-0.3, -0.25) is 0 Å². The minimum absolute atomic E-state index is 0.426. The summed E-state index contributed by atoms with van der Waals surface area (Å²) >= 11 is 0. The van der Waals surface area contributed by atoms with Crippen LogP contribution in [0.2, 0.25) is 0 Å². The molecule has 0 aromatic rings. The van der Waals surface area contributed by atoms with Crippen LogP contribution in [0.4, 0.5) is 0 Å². The summed E-state index contributed by atoms with van der Waals surface area (Å²) in [6, 6.07) is 0. The summed E-state index contributed by atoms with van der Waals surface area (Å²) in [7, 11) is 0. The number of hydrogen-bond acceptors (Lipinski definition) is 2. The van der Waals surface area contributed by atoms with Gasteiger partial charge in [0.25, 0.3) is 0 Å². The SMILES string of the molecule is CCCCC(CC)COCC(C)=CC(=O)O. The minimum Gasteiger partial charge on any atom is -0.478 e. The van der Waals surface area contributed by atoms with Crippen molar-refractivity contribution in [2.75, 3.05) is 13.2 Å². The Hall–Kier alpha value is -0.830. The summed E-state index contributed by atoms with van der Waals surface area (Å²) in [6.45, 7) is 7.30. The van der Waals surface area contributed by atoms with E-state index in [1.165, 1.54) is 25.3 Å². The summed E-state index contributed by atoms with van der Waals surface area (Å²) in [6.07, 6.45) is 5.99. The first-order chi connectivity index (χ1) is 7.60. The Bertz CT molecular complexity index is 221. The number of aliphatic carboxylic acids is 1. The number of carboxylic acid groups (broad SMARTS) is 1. The molecule has 3 heteroatoms. The van der Waals surface area contributed by atoms with Gasteiger partial charge in [0.15, 0.2) is 0 Å². The molecule has 0 bridgehead atoms. The lowest BCUT2D eigenvalue weighted by molar-refractivity contribution is -0.131. The van der Waals surface area contributed by atoms with Gasteiger partial charge in [-0.05, 0) is 24.8 Å². The minimum atomic E-state index is -0.904. The molecule has 3 nitrogen and oxygen atoms in total. The van der Waals surface area contributed by atoms with Gasteiger partial charge in [-0.25, -0.2) is 4.79 Å². The monoisotopic (exact) mass is 228 g/mol. The maximum atomic E-state index is 10.4. The molecule has 16 heavy (non-hydrogen) atoms. The van der Waals surface area contributed by atoms with E-state index in [-0.39, 0.29) is 0 Å². The lowest BCUT2D eigenvalue weighted by Crippen LogP contribution is -2.10. The first-order valence-corrected chi connectivity index (χ1v) is 6.07. The molecule has 0 aliphatic rings. The molecular weight excluding hydrogens is 204 g/mol. The zero-order valence-electron chi connectivity index (χ0n) is 10.7. The van der Waals surface area contributed by atoms with Gasteiger partial charge in [-0.1, -0.05) is 33.1 Å². The summed E-state index contributed by atoms with van der Waals surface area (Å²) < 4.78 is 5.51. The highest BCUT2D eigenvalue weighted by Crippen LogP contribution is 2.13. The third-order valence-electron chi connectivity index (χ3n) is 2.60. The fraction of sp³-hybridized carbons (Fsp3) is 0.769. The number of unbranched alkanes of at least 4 members (excludes halogenated alkanes) is 1. The van der Waals surface area contributed by atoms with Gasteiger partial charge in [-0.15, -0.1) is 0 Å². The van der Waals surface area contributed by atoms with Crippen molar-refractivity contribution >= 4 is 5.97 Å². The Balaban J connectivity index is 3.73. The summed E-state index contributed by atoms with van der Waals surface area (Å²) in [5, 5.41) is 8.52. The van der Waals surface area contributed by atoms with Crippen molar-refractivity contribution in [2.24, 2.45) is 5.92 Å². The third kappa shape index (κ3) is 8.48. The van der Waals surface area contributed by atoms with E-state index >= 15 is 0 Å². The highest BCUT2D eigenvalue weighted by atomic mass is 16.5. The lowest BCUT2D eigenvalue weighted by Gasteiger charge is -2.14. The largest absolute Gasteiger partial charge is 0.478 e. The van der Waals surface area contributed by atoms with Crippen LogP contribution >= 0.6 is 0 Å². The topological polar surface area (TPSA) is 46.5 Å². The van der Waals surface area contributed by atoms with Crippen molar-refractivity contribution in [3.63, 3.8) is 0 Å². The first kappa shape index (κ1) is 15.2. The zero-order chi connectivity index (χ0) is 12.4. The Kier molecular flexibility index (Phi) is 8.91. The molecule has 0 saturated heterocycles. The van der Waals surface area contributed by atoms with Crippen LogP contribution in [0, 0.1) is 5.92 Å². The number of carbonyl (C=O) groups is 1. The molecule has 1 N–H and O–H groups in total. The van der Waals surface area contributed by atoms with E-state index < -0.39 is 5.97 Å². The van der Waals surface area contributed by atoms with Gasteiger partial charge >= 0.3 is 5.97 Å². The fourth-order valence-corrected chi connectivity index (χ4v) is 1.54. The summed E-state index contributed by atoms with van der Waals surface area (Å²) in [5.74, 6) is -0.295.